The molecule has 0 atom stereocenters. The van der Waals surface area contributed by atoms with E-state index in [-0.39, 0.29) is 11.7 Å². The third-order valence-corrected chi connectivity index (χ3v) is 5.33. The summed E-state index contributed by atoms with van der Waals surface area (Å²) in [6.45, 7) is 0.424. The molecule has 0 aliphatic heterocycles. The molecule has 0 spiro atoms. The number of hydrogen-bond acceptors (Lipinski definition) is 4. The molecule has 0 saturated carbocycles. The molecule has 3 heterocycles. The van der Waals surface area contributed by atoms with Gasteiger partial charge in [-0.15, -0.1) is 10.2 Å². The molecule has 0 fully saturated rings. The highest BCUT2D eigenvalue weighted by atomic mass is 19.1. The van der Waals surface area contributed by atoms with Crippen LogP contribution in [0.3, 0.4) is 0 Å². The van der Waals surface area contributed by atoms with Crippen molar-refractivity contribution in [3.05, 3.63) is 108 Å². The van der Waals surface area contributed by atoms with Gasteiger partial charge in [0.2, 0.25) is 5.91 Å². The Morgan fingerprint density at radius 1 is 0.971 bits per heavy atom. The van der Waals surface area contributed by atoms with Gasteiger partial charge in [0.15, 0.2) is 5.65 Å². The fraction of sp³-hybridized carbons (Fsp3) is 0.0769. The molecule has 7 nitrogen and oxygen atoms in total. The number of rotatable bonds is 7. The number of pyridine rings is 1. The molecule has 168 valence electrons. The smallest absolute Gasteiger partial charge is 0.244 e. The minimum Gasteiger partial charge on any atom is -0.352 e. The Bertz CT molecular complexity index is 1450. The Morgan fingerprint density at radius 3 is 2.59 bits per heavy atom. The van der Waals surface area contributed by atoms with Crippen LogP contribution in [0.2, 0.25) is 0 Å². The van der Waals surface area contributed by atoms with Gasteiger partial charge in [-0.05, 0) is 54.6 Å². The van der Waals surface area contributed by atoms with Crippen LogP contribution in [0.4, 0.5) is 4.39 Å². The first-order chi connectivity index (χ1) is 16.7. The molecular formula is C26H21FN6O. The van der Waals surface area contributed by atoms with Gasteiger partial charge in [-0.25, -0.2) is 9.07 Å². The summed E-state index contributed by atoms with van der Waals surface area (Å²) in [5.74, 6) is 0.233. The van der Waals surface area contributed by atoms with Crippen molar-refractivity contribution in [2.24, 2.45) is 0 Å². The van der Waals surface area contributed by atoms with Crippen LogP contribution in [0.15, 0.2) is 91.3 Å². The van der Waals surface area contributed by atoms with E-state index in [9.17, 15) is 9.18 Å². The summed E-state index contributed by atoms with van der Waals surface area (Å²) in [5, 5.41) is 15.8. The molecule has 0 bridgehead atoms. The van der Waals surface area contributed by atoms with Gasteiger partial charge in [0.25, 0.3) is 0 Å². The maximum absolute atomic E-state index is 13.4. The maximum atomic E-state index is 13.4. The number of para-hydroxylation sites is 1. The summed E-state index contributed by atoms with van der Waals surface area (Å²) in [4.78, 5) is 12.5. The summed E-state index contributed by atoms with van der Waals surface area (Å²) in [6, 6.07) is 21.5. The lowest BCUT2D eigenvalue weighted by Gasteiger charge is -2.02. The van der Waals surface area contributed by atoms with Crippen LogP contribution >= 0.6 is 0 Å². The molecule has 0 radical (unpaired) electrons. The fourth-order valence-corrected chi connectivity index (χ4v) is 3.64. The molecular weight excluding hydrogens is 431 g/mol. The molecule has 0 saturated heterocycles. The standard InChI is InChI=1S/C26H21FN6O/c27-21-12-9-19(10-13-21)26-20(18-33(31-26)22-6-2-1-3-7-22)11-14-25(34)28-16-15-24-30-29-23-8-4-5-17-32(23)24/h1-14,17-18H,15-16H2,(H,28,34)/b14-11+. The van der Waals surface area contributed by atoms with Crippen molar-refractivity contribution in [1.29, 1.82) is 0 Å². The molecule has 5 aromatic rings. The third-order valence-electron chi connectivity index (χ3n) is 5.33. The van der Waals surface area contributed by atoms with Gasteiger partial charge >= 0.3 is 0 Å². The molecule has 5 rings (SSSR count). The van der Waals surface area contributed by atoms with Gasteiger partial charge in [0, 0.05) is 42.6 Å². The Labute approximate surface area is 195 Å². The molecule has 34 heavy (non-hydrogen) atoms. The first kappa shape index (κ1) is 21.3. The van der Waals surface area contributed by atoms with Gasteiger partial charge in [0.05, 0.1) is 11.4 Å². The highest BCUT2D eigenvalue weighted by Crippen LogP contribution is 2.25. The number of fused-ring (bicyclic) bond motifs is 1. The zero-order valence-electron chi connectivity index (χ0n) is 18.2. The topological polar surface area (TPSA) is 77.1 Å². The summed E-state index contributed by atoms with van der Waals surface area (Å²) >= 11 is 0. The van der Waals surface area contributed by atoms with Crippen LogP contribution in [-0.2, 0) is 11.2 Å². The van der Waals surface area contributed by atoms with Gasteiger partial charge in [-0.1, -0.05) is 24.3 Å². The highest BCUT2D eigenvalue weighted by Gasteiger charge is 2.11. The summed E-state index contributed by atoms with van der Waals surface area (Å²) in [5.41, 5.74) is 3.81. The predicted octanol–water partition coefficient (Wildman–Crippen LogP) is 4.09. The molecule has 8 heteroatoms. The second-order valence-corrected chi connectivity index (χ2v) is 7.64. The largest absolute Gasteiger partial charge is 0.352 e. The fourth-order valence-electron chi connectivity index (χ4n) is 3.64. The molecule has 2 aromatic carbocycles. The van der Waals surface area contributed by atoms with Crippen LogP contribution in [0, 0.1) is 5.82 Å². The molecule has 1 N–H and O–H groups in total. The van der Waals surface area contributed by atoms with Gasteiger partial charge < -0.3 is 5.32 Å². The Kier molecular flexibility index (Phi) is 5.94. The third kappa shape index (κ3) is 4.61. The molecule has 0 unspecified atom stereocenters. The van der Waals surface area contributed by atoms with Crippen molar-refractivity contribution in [3.63, 3.8) is 0 Å². The van der Waals surface area contributed by atoms with Crippen molar-refractivity contribution >= 4 is 17.6 Å². The van der Waals surface area contributed by atoms with Crippen molar-refractivity contribution < 1.29 is 9.18 Å². The van der Waals surface area contributed by atoms with Crippen molar-refractivity contribution in [1.82, 2.24) is 29.7 Å². The number of hydrogen-bond donors (Lipinski definition) is 1. The quantitative estimate of drug-likeness (QED) is 0.377. The number of carbonyl (C=O) groups excluding carboxylic acids is 1. The molecule has 3 aromatic heterocycles. The number of halogens is 1. The van der Waals surface area contributed by atoms with E-state index in [0.717, 1.165) is 28.3 Å². The Balaban J connectivity index is 1.32. The van der Waals surface area contributed by atoms with Crippen LogP contribution in [0.1, 0.15) is 11.4 Å². The summed E-state index contributed by atoms with van der Waals surface area (Å²) in [6.07, 6.45) is 7.49. The van der Waals surface area contributed by atoms with Gasteiger partial charge in [-0.2, -0.15) is 5.10 Å². The van der Waals surface area contributed by atoms with Crippen molar-refractivity contribution in [2.45, 2.75) is 6.42 Å². The second-order valence-electron chi connectivity index (χ2n) is 7.64. The van der Waals surface area contributed by atoms with E-state index >= 15 is 0 Å². The second kappa shape index (κ2) is 9.50. The minimum atomic E-state index is -0.317. The number of carbonyl (C=O) groups is 1. The van der Waals surface area contributed by atoms with E-state index in [4.69, 9.17) is 0 Å². The molecule has 0 aliphatic rings. The maximum Gasteiger partial charge on any atom is 0.244 e. The molecule has 1 amide bonds. The van der Waals surface area contributed by atoms with E-state index < -0.39 is 0 Å². The number of aromatic nitrogens is 5. The van der Waals surface area contributed by atoms with Gasteiger partial charge in [0.1, 0.15) is 11.6 Å². The lowest BCUT2D eigenvalue weighted by atomic mass is 10.1. The van der Waals surface area contributed by atoms with E-state index in [1.807, 2.05) is 65.3 Å². The first-order valence-electron chi connectivity index (χ1n) is 10.8. The number of nitrogens with one attached hydrogen (secondary N) is 1. The SMILES string of the molecule is O=C(/C=C/c1cn(-c2ccccc2)nc1-c1ccc(F)cc1)NCCc1nnc2ccccn12. The highest BCUT2D eigenvalue weighted by molar-refractivity contribution is 5.92. The van der Waals surface area contributed by atoms with Crippen molar-refractivity contribution in [2.75, 3.05) is 6.54 Å². The monoisotopic (exact) mass is 452 g/mol. The van der Waals surface area contributed by atoms with Crippen LogP contribution in [0.25, 0.3) is 28.7 Å². The lowest BCUT2D eigenvalue weighted by Crippen LogP contribution is -2.24. The first-order valence-corrected chi connectivity index (χ1v) is 10.8. The van der Waals surface area contributed by atoms with E-state index in [1.54, 1.807) is 22.9 Å². The number of benzene rings is 2. The number of amides is 1. The van der Waals surface area contributed by atoms with Crippen LogP contribution in [-0.4, -0.2) is 36.8 Å². The predicted molar refractivity (Wildman–Crippen MR) is 128 cm³/mol. The van der Waals surface area contributed by atoms with Crippen molar-refractivity contribution in [3.8, 4) is 16.9 Å². The Hall–Kier alpha value is -4.59. The normalized spacial score (nSPS) is 11.3. The average molecular weight is 452 g/mol. The Morgan fingerprint density at radius 2 is 1.76 bits per heavy atom. The molecule has 0 aliphatic carbocycles. The van der Waals surface area contributed by atoms with E-state index in [0.29, 0.717) is 18.7 Å². The number of nitrogens with zero attached hydrogens (tertiary/aromatic N) is 5. The summed E-state index contributed by atoms with van der Waals surface area (Å²) < 4.78 is 17.1. The lowest BCUT2D eigenvalue weighted by molar-refractivity contribution is -0.116. The van der Waals surface area contributed by atoms with Gasteiger partial charge in [-0.3, -0.25) is 9.20 Å². The zero-order chi connectivity index (χ0) is 23.3. The minimum absolute atomic E-state index is 0.230. The van der Waals surface area contributed by atoms with Crippen LogP contribution < -0.4 is 5.32 Å². The summed E-state index contributed by atoms with van der Waals surface area (Å²) in [7, 11) is 0. The van der Waals surface area contributed by atoms with E-state index in [2.05, 4.69) is 20.6 Å². The zero-order valence-corrected chi connectivity index (χ0v) is 18.2. The van der Waals surface area contributed by atoms with Crippen LogP contribution in [0.5, 0.6) is 0 Å². The van der Waals surface area contributed by atoms with E-state index in [1.165, 1.54) is 18.2 Å². The average Bonchev–Trinajstić information content (AvgIpc) is 3.49.